The number of aromatic nitrogens is 1. The van der Waals surface area contributed by atoms with E-state index in [4.69, 9.17) is 14.2 Å². The third-order valence-electron chi connectivity index (χ3n) is 2.84. The Morgan fingerprint density at radius 2 is 2.29 bits per heavy atom. The number of hydrogen-bond donors (Lipinski definition) is 1. The van der Waals surface area contributed by atoms with Crippen molar-refractivity contribution in [1.29, 1.82) is 0 Å². The Morgan fingerprint density at radius 1 is 1.41 bits per heavy atom. The van der Waals surface area contributed by atoms with Crippen molar-refractivity contribution in [3.8, 4) is 11.5 Å². The van der Waals surface area contributed by atoms with Gasteiger partial charge in [-0.15, -0.1) is 0 Å². The lowest BCUT2D eigenvalue weighted by Crippen LogP contribution is -2.17. The average Bonchev–Trinajstić information content (AvgIpc) is 2.88. The van der Waals surface area contributed by atoms with Crippen LogP contribution in [0.4, 0.5) is 0 Å². The molecule has 1 aliphatic rings. The third-order valence-corrected chi connectivity index (χ3v) is 2.84. The minimum absolute atomic E-state index is 0.271. The summed E-state index contributed by atoms with van der Waals surface area (Å²) >= 11 is 0. The normalized spacial score (nSPS) is 19.3. The molecule has 94 valence electrons. The predicted octanol–water partition coefficient (Wildman–Crippen LogP) is 0.977. The second kappa shape index (κ2) is 5.84. The van der Waals surface area contributed by atoms with Crippen LogP contribution in [0, 0.1) is 0 Å². The fourth-order valence-corrected chi connectivity index (χ4v) is 1.92. The van der Waals surface area contributed by atoms with Gasteiger partial charge in [0.25, 0.3) is 0 Å². The van der Waals surface area contributed by atoms with Crippen molar-refractivity contribution in [3.63, 3.8) is 0 Å². The van der Waals surface area contributed by atoms with Gasteiger partial charge in [0.15, 0.2) is 11.5 Å². The molecule has 0 radical (unpaired) electrons. The van der Waals surface area contributed by atoms with Gasteiger partial charge in [0.2, 0.25) is 0 Å². The third kappa shape index (κ3) is 2.87. The number of methoxy groups -OCH3 is 2. The Morgan fingerprint density at radius 3 is 2.94 bits per heavy atom. The SMILES string of the molecule is COc1ccnc(COC2CCNC2)c1OC. The molecule has 1 N–H and O–H groups in total. The summed E-state index contributed by atoms with van der Waals surface area (Å²) in [6.07, 6.45) is 3.02. The summed E-state index contributed by atoms with van der Waals surface area (Å²) in [5, 5.41) is 3.26. The van der Waals surface area contributed by atoms with Gasteiger partial charge < -0.3 is 19.5 Å². The number of ether oxygens (including phenoxy) is 3. The summed E-state index contributed by atoms with van der Waals surface area (Å²) in [5.41, 5.74) is 0.777. The predicted molar refractivity (Wildman–Crippen MR) is 63.4 cm³/mol. The number of nitrogens with zero attached hydrogens (tertiary/aromatic N) is 1. The van der Waals surface area contributed by atoms with Crippen LogP contribution in [0.3, 0.4) is 0 Å². The molecule has 2 heterocycles. The molecule has 0 bridgehead atoms. The Bertz CT molecular complexity index is 365. The van der Waals surface area contributed by atoms with Crippen LogP contribution in [0.15, 0.2) is 12.3 Å². The van der Waals surface area contributed by atoms with Gasteiger partial charge in [-0.25, -0.2) is 0 Å². The number of hydrogen-bond acceptors (Lipinski definition) is 5. The summed E-state index contributed by atoms with van der Waals surface area (Å²) in [6, 6.07) is 1.78. The summed E-state index contributed by atoms with van der Waals surface area (Å²) in [5.74, 6) is 1.34. The van der Waals surface area contributed by atoms with E-state index < -0.39 is 0 Å². The average molecular weight is 238 g/mol. The number of nitrogens with one attached hydrogen (secondary N) is 1. The van der Waals surface area contributed by atoms with Gasteiger partial charge in [-0.05, 0) is 13.0 Å². The zero-order chi connectivity index (χ0) is 12.1. The van der Waals surface area contributed by atoms with Gasteiger partial charge >= 0.3 is 0 Å². The molecule has 0 amide bonds. The maximum Gasteiger partial charge on any atom is 0.184 e. The fourth-order valence-electron chi connectivity index (χ4n) is 1.92. The van der Waals surface area contributed by atoms with Crippen molar-refractivity contribution in [3.05, 3.63) is 18.0 Å². The van der Waals surface area contributed by atoms with E-state index in [1.165, 1.54) is 0 Å². The van der Waals surface area contributed by atoms with Crippen molar-refractivity contribution in [2.45, 2.75) is 19.1 Å². The van der Waals surface area contributed by atoms with Crippen LogP contribution >= 0.6 is 0 Å². The Balaban J connectivity index is 2.03. The molecule has 1 aliphatic heterocycles. The second-order valence-electron chi connectivity index (χ2n) is 3.92. The van der Waals surface area contributed by atoms with Gasteiger partial charge in [-0.2, -0.15) is 0 Å². The lowest BCUT2D eigenvalue weighted by atomic mass is 10.3. The molecule has 5 heteroatoms. The molecule has 0 saturated carbocycles. The summed E-state index contributed by atoms with van der Waals surface area (Å²) in [6.45, 7) is 2.38. The van der Waals surface area contributed by atoms with Crippen molar-refractivity contribution in [1.82, 2.24) is 10.3 Å². The smallest absolute Gasteiger partial charge is 0.184 e. The minimum atomic E-state index is 0.271. The van der Waals surface area contributed by atoms with Gasteiger partial charge in [-0.3, -0.25) is 4.98 Å². The maximum atomic E-state index is 5.77. The molecule has 0 spiro atoms. The zero-order valence-electron chi connectivity index (χ0n) is 10.2. The van der Waals surface area contributed by atoms with Gasteiger partial charge in [-0.1, -0.05) is 0 Å². The van der Waals surface area contributed by atoms with Crippen molar-refractivity contribution < 1.29 is 14.2 Å². The van der Waals surface area contributed by atoms with E-state index in [-0.39, 0.29) is 6.10 Å². The lowest BCUT2D eigenvalue weighted by Gasteiger charge is -2.14. The molecule has 17 heavy (non-hydrogen) atoms. The van der Waals surface area contributed by atoms with Crippen LogP contribution < -0.4 is 14.8 Å². The van der Waals surface area contributed by atoms with E-state index in [0.717, 1.165) is 25.2 Å². The van der Waals surface area contributed by atoms with Crippen molar-refractivity contribution in [2.75, 3.05) is 27.3 Å². The molecule has 1 aromatic rings. The lowest BCUT2D eigenvalue weighted by molar-refractivity contribution is 0.0507. The molecular formula is C12H18N2O3. The Kier molecular flexibility index (Phi) is 4.17. The highest BCUT2D eigenvalue weighted by atomic mass is 16.5. The minimum Gasteiger partial charge on any atom is -0.493 e. The van der Waals surface area contributed by atoms with E-state index in [9.17, 15) is 0 Å². The largest absolute Gasteiger partial charge is 0.493 e. The fraction of sp³-hybridized carbons (Fsp3) is 0.583. The van der Waals surface area contributed by atoms with E-state index >= 15 is 0 Å². The van der Waals surface area contributed by atoms with Crippen LogP contribution in [0.1, 0.15) is 12.1 Å². The van der Waals surface area contributed by atoms with E-state index in [1.807, 2.05) is 0 Å². The van der Waals surface area contributed by atoms with Gasteiger partial charge in [0.1, 0.15) is 5.69 Å². The van der Waals surface area contributed by atoms with Crippen LogP contribution in [-0.4, -0.2) is 38.4 Å². The first-order valence-corrected chi connectivity index (χ1v) is 5.73. The molecule has 1 fully saturated rings. The highest BCUT2D eigenvalue weighted by Gasteiger charge is 2.17. The second-order valence-corrected chi connectivity index (χ2v) is 3.92. The van der Waals surface area contributed by atoms with Crippen LogP contribution in [-0.2, 0) is 11.3 Å². The summed E-state index contributed by atoms with van der Waals surface area (Å²) in [7, 11) is 3.23. The monoisotopic (exact) mass is 238 g/mol. The van der Waals surface area contributed by atoms with Gasteiger partial charge in [0.05, 0.1) is 26.9 Å². The topological polar surface area (TPSA) is 52.6 Å². The maximum absolute atomic E-state index is 5.77. The number of rotatable bonds is 5. The molecule has 2 rings (SSSR count). The zero-order valence-corrected chi connectivity index (χ0v) is 10.2. The Hall–Kier alpha value is -1.33. The summed E-state index contributed by atoms with van der Waals surface area (Å²) in [4.78, 5) is 4.27. The molecule has 1 aromatic heterocycles. The molecule has 0 aliphatic carbocycles. The molecule has 1 saturated heterocycles. The first-order chi connectivity index (χ1) is 8.35. The van der Waals surface area contributed by atoms with E-state index in [1.54, 1.807) is 26.5 Å². The van der Waals surface area contributed by atoms with E-state index in [2.05, 4.69) is 10.3 Å². The standard InChI is InChI=1S/C12H18N2O3/c1-15-11-4-6-14-10(12(11)16-2)8-17-9-3-5-13-7-9/h4,6,9,13H,3,5,7-8H2,1-2H3. The molecule has 0 aromatic carbocycles. The highest BCUT2D eigenvalue weighted by molar-refractivity contribution is 5.42. The quantitative estimate of drug-likeness (QED) is 0.828. The van der Waals surface area contributed by atoms with Gasteiger partial charge in [0, 0.05) is 18.8 Å². The Labute approximate surface area is 101 Å². The van der Waals surface area contributed by atoms with Crippen LogP contribution in [0.5, 0.6) is 11.5 Å². The molecule has 5 nitrogen and oxygen atoms in total. The van der Waals surface area contributed by atoms with Crippen LogP contribution in [0.2, 0.25) is 0 Å². The first-order valence-electron chi connectivity index (χ1n) is 5.73. The van der Waals surface area contributed by atoms with Crippen molar-refractivity contribution >= 4 is 0 Å². The number of pyridine rings is 1. The van der Waals surface area contributed by atoms with Crippen molar-refractivity contribution in [2.24, 2.45) is 0 Å². The summed E-state index contributed by atoms with van der Waals surface area (Å²) < 4.78 is 16.3. The highest BCUT2D eigenvalue weighted by Crippen LogP contribution is 2.29. The van der Waals surface area contributed by atoms with Crippen LogP contribution in [0.25, 0.3) is 0 Å². The first kappa shape index (κ1) is 12.1. The van der Waals surface area contributed by atoms with E-state index in [0.29, 0.717) is 18.1 Å². The molecular weight excluding hydrogens is 220 g/mol. The molecule has 1 atom stereocenters. The molecule has 1 unspecified atom stereocenters.